The van der Waals surface area contributed by atoms with Gasteiger partial charge in [0.1, 0.15) is 11.0 Å². The minimum absolute atomic E-state index is 0.214. The summed E-state index contributed by atoms with van der Waals surface area (Å²) in [5.41, 5.74) is 0.853. The Hall–Kier alpha value is -0.810. The van der Waals surface area contributed by atoms with Crippen molar-refractivity contribution in [2.45, 2.75) is 6.92 Å². The highest BCUT2D eigenvalue weighted by molar-refractivity contribution is 7.93. The third kappa shape index (κ3) is 2.85. The molecule has 0 aromatic heterocycles. The van der Waals surface area contributed by atoms with Gasteiger partial charge in [0.25, 0.3) is 0 Å². The molecule has 0 aliphatic heterocycles. The predicted molar refractivity (Wildman–Crippen MR) is 54.4 cm³/mol. The monoisotopic (exact) mass is 237 g/mol. The van der Waals surface area contributed by atoms with Gasteiger partial charge in [0.05, 0.1) is 5.69 Å². The van der Waals surface area contributed by atoms with Crippen molar-refractivity contribution in [1.29, 1.82) is 0 Å². The van der Waals surface area contributed by atoms with Crippen molar-refractivity contribution < 1.29 is 12.8 Å². The van der Waals surface area contributed by atoms with Gasteiger partial charge in [-0.05, 0) is 24.6 Å². The maximum atomic E-state index is 12.8. The summed E-state index contributed by atoms with van der Waals surface area (Å²) in [4.78, 5) is 0. The molecule has 1 aromatic carbocycles. The Balaban J connectivity index is 3.03. The molecule has 0 saturated carbocycles. The largest absolute Gasteiger partial charge is 0.282 e. The lowest BCUT2D eigenvalue weighted by molar-refractivity contribution is 0.605. The van der Waals surface area contributed by atoms with Crippen LogP contribution in [0.3, 0.4) is 0 Å². The average Bonchev–Trinajstić information content (AvgIpc) is 2.11. The fraction of sp³-hybridized carbons (Fsp3) is 0.250. The highest BCUT2D eigenvalue weighted by atomic mass is 35.5. The lowest BCUT2D eigenvalue weighted by Gasteiger charge is -2.07. The van der Waals surface area contributed by atoms with Gasteiger partial charge in [-0.2, -0.15) is 0 Å². The zero-order chi connectivity index (χ0) is 10.8. The molecule has 3 nitrogen and oxygen atoms in total. The number of rotatable bonds is 3. The van der Waals surface area contributed by atoms with E-state index in [0.29, 0.717) is 5.56 Å². The van der Waals surface area contributed by atoms with Crippen LogP contribution in [0.5, 0.6) is 0 Å². The third-order valence-electron chi connectivity index (χ3n) is 1.61. The van der Waals surface area contributed by atoms with E-state index in [1.165, 1.54) is 12.1 Å². The Bertz CT molecular complexity index is 433. The van der Waals surface area contributed by atoms with Gasteiger partial charge in [0, 0.05) is 0 Å². The summed E-state index contributed by atoms with van der Waals surface area (Å²) < 4.78 is 37.1. The van der Waals surface area contributed by atoms with E-state index in [0.717, 1.165) is 6.07 Å². The molecule has 1 aromatic rings. The van der Waals surface area contributed by atoms with E-state index < -0.39 is 21.1 Å². The molecular formula is C8H9ClFNO2S. The first kappa shape index (κ1) is 11.3. The fourth-order valence-corrected chi connectivity index (χ4v) is 1.67. The minimum atomic E-state index is -3.56. The zero-order valence-corrected chi connectivity index (χ0v) is 8.99. The van der Waals surface area contributed by atoms with E-state index in [-0.39, 0.29) is 5.69 Å². The second kappa shape index (κ2) is 4.14. The second-order valence-electron chi connectivity index (χ2n) is 2.79. The zero-order valence-electron chi connectivity index (χ0n) is 7.42. The second-order valence-corrected chi connectivity index (χ2v) is 5.09. The predicted octanol–water partition coefficient (Wildman–Crippen LogP) is 2.07. The summed E-state index contributed by atoms with van der Waals surface area (Å²) in [6.07, 6.45) is 0. The summed E-state index contributed by atoms with van der Waals surface area (Å²) in [6.45, 7) is 1.67. The third-order valence-corrected chi connectivity index (χ3v) is 3.29. The van der Waals surface area contributed by atoms with Gasteiger partial charge in [-0.15, -0.1) is 11.6 Å². The summed E-state index contributed by atoms with van der Waals surface area (Å²) in [6, 6.07) is 3.86. The number of halogens is 2. The first-order chi connectivity index (χ1) is 6.44. The molecule has 0 unspecified atom stereocenters. The molecule has 0 aliphatic rings. The van der Waals surface area contributed by atoms with Crippen molar-refractivity contribution in [2.24, 2.45) is 0 Å². The Kier molecular flexibility index (Phi) is 3.34. The molecule has 0 fully saturated rings. The van der Waals surface area contributed by atoms with E-state index in [1.54, 1.807) is 6.92 Å². The summed E-state index contributed by atoms with van der Waals surface area (Å²) >= 11 is 5.19. The molecule has 0 radical (unpaired) electrons. The number of nitrogens with one attached hydrogen (secondary N) is 1. The van der Waals surface area contributed by atoms with Crippen molar-refractivity contribution in [1.82, 2.24) is 0 Å². The van der Waals surface area contributed by atoms with Crippen LogP contribution >= 0.6 is 11.6 Å². The van der Waals surface area contributed by atoms with Crippen LogP contribution in [0.2, 0.25) is 0 Å². The highest BCUT2D eigenvalue weighted by Gasteiger charge is 2.10. The molecule has 78 valence electrons. The molecule has 6 heteroatoms. The van der Waals surface area contributed by atoms with Gasteiger partial charge >= 0.3 is 0 Å². The van der Waals surface area contributed by atoms with Crippen LogP contribution in [0.1, 0.15) is 5.56 Å². The van der Waals surface area contributed by atoms with Crippen molar-refractivity contribution in [3.05, 3.63) is 29.6 Å². The maximum Gasteiger partial charge on any atom is 0.246 e. The van der Waals surface area contributed by atoms with E-state index in [9.17, 15) is 12.8 Å². The topological polar surface area (TPSA) is 46.2 Å². The Morgan fingerprint density at radius 3 is 2.71 bits per heavy atom. The number of hydrogen-bond acceptors (Lipinski definition) is 2. The molecule has 0 spiro atoms. The lowest BCUT2D eigenvalue weighted by atomic mass is 10.2. The van der Waals surface area contributed by atoms with Crippen molar-refractivity contribution in [3.8, 4) is 0 Å². The van der Waals surface area contributed by atoms with Crippen LogP contribution in [0.25, 0.3) is 0 Å². The summed E-state index contributed by atoms with van der Waals surface area (Å²) in [5.74, 6) is -0.497. The number of aryl methyl sites for hydroxylation is 1. The molecule has 0 amide bonds. The maximum absolute atomic E-state index is 12.8. The fourth-order valence-electron chi connectivity index (χ4n) is 0.899. The quantitative estimate of drug-likeness (QED) is 0.818. The number of alkyl halides is 1. The number of hydrogen-bond donors (Lipinski definition) is 1. The van der Waals surface area contributed by atoms with Crippen molar-refractivity contribution in [2.75, 3.05) is 9.93 Å². The van der Waals surface area contributed by atoms with Crippen molar-refractivity contribution >= 4 is 27.3 Å². The van der Waals surface area contributed by atoms with Gasteiger partial charge in [-0.25, -0.2) is 12.8 Å². The van der Waals surface area contributed by atoms with E-state index in [2.05, 4.69) is 4.72 Å². The molecule has 1 rings (SSSR count). The number of benzene rings is 1. The van der Waals surface area contributed by atoms with E-state index in [1.807, 2.05) is 0 Å². The normalized spacial score (nSPS) is 11.4. The Morgan fingerprint density at radius 2 is 2.14 bits per heavy atom. The van der Waals surface area contributed by atoms with Crippen LogP contribution in [-0.2, 0) is 10.0 Å². The molecule has 0 aliphatic carbocycles. The van der Waals surface area contributed by atoms with Gasteiger partial charge in [-0.3, -0.25) is 4.72 Å². The molecule has 0 heterocycles. The van der Waals surface area contributed by atoms with Crippen molar-refractivity contribution in [3.63, 3.8) is 0 Å². The molecule has 0 atom stereocenters. The standard InChI is InChI=1S/C8H9ClFNO2S/c1-6-2-3-7(10)4-8(6)11-14(12,13)5-9/h2-4,11H,5H2,1H3. The number of sulfonamides is 1. The lowest BCUT2D eigenvalue weighted by Crippen LogP contribution is -2.14. The summed E-state index contributed by atoms with van der Waals surface area (Å²) in [7, 11) is -3.56. The van der Waals surface area contributed by atoms with Crippen LogP contribution in [0.4, 0.5) is 10.1 Å². The van der Waals surface area contributed by atoms with Gasteiger partial charge in [0.2, 0.25) is 10.0 Å². The smallest absolute Gasteiger partial charge is 0.246 e. The molecular weight excluding hydrogens is 229 g/mol. The molecule has 0 bridgehead atoms. The average molecular weight is 238 g/mol. The SMILES string of the molecule is Cc1ccc(F)cc1NS(=O)(=O)CCl. The van der Waals surface area contributed by atoms with Crippen LogP contribution < -0.4 is 4.72 Å². The first-order valence-corrected chi connectivity index (χ1v) is 5.96. The van der Waals surface area contributed by atoms with Gasteiger partial charge < -0.3 is 0 Å². The molecule has 0 saturated heterocycles. The Labute approximate surface area is 86.9 Å². The minimum Gasteiger partial charge on any atom is -0.282 e. The van der Waals surface area contributed by atoms with E-state index >= 15 is 0 Å². The van der Waals surface area contributed by atoms with Gasteiger partial charge in [0.15, 0.2) is 0 Å². The first-order valence-electron chi connectivity index (χ1n) is 3.77. The van der Waals surface area contributed by atoms with Gasteiger partial charge in [-0.1, -0.05) is 6.07 Å². The van der Waals surface area contributed by atoms with E-state index in [4.69, 9.17) is 11.6 Å². The Morgan fingerprint density at radius 1 is 1.50 bits per heavy atom. The molecule has 1 N–H and O–H groups in total. The van der Waals surface area contributed by atoms with Crippen LogP contribution in [0, 0.1) is 12.7 Å². The number of anilines is 1. The molecule has 14 heavy (non-hydrogen) atoms. The highest BCUT2D eigenvalue weighted by Crippen LogP contribution is 2.17. The van der Waals surface area contributed by atoms with Crippen LogP contribution in [0.15, 0.2) is 18.2 Å². The van der Waals surface area contributed by atoms with Crippen LogP contribution in [-0.4, -0.2) is 13.6 Å². The summed E-state index contributed by atoms with van der Waals surface area (Å²) in [5, 5.41) is -0.553.